The van der Waals surface area contributed by atoms with Gasteiger partial charge in [-0.3, -0.25) is 4.79 Å². The van der Waals surface area contributed by atoms with Crippen molar-refractivity contribution < 1.29 is 22.7 Å². The van der Waals surface area contributed by atoms with Crippen molar-refractivity contribution >= 4 is 5.91 Å². The molecule has 1 aliphatic rings. The van der Waals surface area contributed by atoms with E-state index in [1.54, 1.807) is 27.0 Å². The van der Waals surface area contributed by atoms with Crippen molar-refractivity contribution in [2.45, 2.75) is 51.4 Å². The number of carbonyl (C=O) groups excluding carboxylic acids is 1. The Morgan fingerprint density at radius 3 is 2.44 bits per heavy atom. The molecule has 0 radical (unpaired) electrons. The molecule has 4 nitrogen and oxygen atoms in total. The summed E-state index contributed by atoms with van der Waals surface area (Å²) in [6.45, 7) is 6.10. The van der Waals surface area contributed by atoms with E-state index in [0.29, 0.717) is 30.5 Å². The van der Waals surface area contributed by atoms with Gasteiger partial charge in [0.15, 0.2) is 0 Å². The lowest BCUT2D eigenvalue weighted by atomic mass is 9.72. The molecule has 1 saturated heterocycles. The molecule has 0 unspecified atom stereocenters. The standard InChI is InChI=1S/C25H31F3N2O2/c1-17-12-19(14-21(13-17)25(26,27)28)18(2)32-16-24(20-8-6-5-7-9-20)11-10-23(3,15-30-24)22(31)29-4/h5-9,12-14,18,30H,10-11,15-16H2,1-4H3,(H,29,31)/t18-,23-,24-/m1/s1. The van der Waals surface area contributed by atoms with Gasteiger partial charge in [-0.2, -0.15) is 13.2 Å². The molecular weight excluding hydrogens is 417 g/mol. The number of amides is 1. The van der Waals surface area contributed by atoms with Crippen LogP contribution in [-0.2, 0) is 21.2 Å². The summed E-state index contributed by atoms with van der Waals surface area (Å²) >= 11 is 0. The van der Waals surface area contributed by atoms with Crippen molar-refractivity contribution in [3.05, 3.63) is 70.8 Å². The van der Waals surface area contributed by atoms with Crippen LogP contribution in [0.1, 0.15) is 55.0 Å². The molecule has 174 valence electrons. The summed E-state index contributed by atoms with van der Waals surface area (Å²) in [4.78, 5) is 12.4. The van der Waals surface area contributed by atoms with E-state index < -0.39 is 28.8 Å². The Hall–Kier alpha value is -2.38. The molecule has 0 aliphatic carbocycles. The number of nitrogens with one attached hydrogen (secondary N) is 2. The highest BCUT2D eigenvalue weighted by Crippen LogP contribution is 2.39. The van der Waals surface area contributed by atoms with Gasteiger partial charge >= 0.3 is 6.18 Å². The highest BCUT2D eigenvalue weighted by Gasteiger charge is 2.45. The quantitative estimate of drug-likeness (QED) is 0.645. The topological polar surface area (TPSA) is 50.4 Å². The van der Waals surface area contributed by atoms with E-state index >= 15 is 0 Å². The van der Waals surface area contributed by atoms with Gasteiger partial charge in [0.25, 0.3) is 0 Å². The molecule has 1 aliphatic heterocycles. The SMILES string of the molecule is CNC(=O)[C@]1(C)CC[C@@](CO[C@H](C)c2cc(C)cc(C(F)(F)F)c2)(c2ccccc2)NC1. The molecular formula is C25H31F3N2O2. The maximum absolute atomic E-state index is 13.3. The summed E-state index contributed by atoms with van der Waals surface area (Å²) in [6, 6.07) is 13.9. The van der Waals surface area contributed by atoms with E-state index in [2.05, 4.69) is 10.6 Å². The number of halogens is 3. The average molecular weight is 449 g/mol. The monoisotopic (exact) mass is 448 g/mol. The van der Waals surface area contributed by atoms with Crippen LogP contribution in [0.3, 0.4) is 0 Å². The summed E-state index contributed by atoms with van der Waals surface area (Å²) in [5.41, 5.74) is 0.340. The number of benzene rings is 2. The fourth-order valence-corrected chi connectivity index (χ4v) is 4.31. The molecule has 0 aromatic heterocycles. The number of carbonyl (C=O) groups is 1. The van der Waals surface area contributed by atoms with Gasteiger partial charge in [0.05, 0.1) is 29.2 Å². The van der Waals surface area contributed by atoms with Crippen LogP contribution >= 0.6 is 0 Å². The molecule has 3 atom stereocenters. The van der Waals surface area contributed by atoms with E-state index in [9.17, 15) is 18.0 Å². The normalized spacial score (nSPS) is 24.7. The van der Waals surface area contributed by atoms with Crippen molar-refractivity contribution in [1.29, 1.82) is 0 Å². The number of ether oxygens (including phenoxy) is 1. The van der Waals surface area contributed by atoms with Crippen LogP contribution in [0.15, 0.2) is 48.5 Å². The number of hydrogen-bond donors (Lipinski definition) is 2. The summed E-state index contributed by atoms with van der Waals surface area (Å²) in [5, 5.41) is 6.28. The van der Waals surface area contributed by atoms with Crippen molar-refractivity contribution in [1.82, 2.24) is 10.6 Å². The van der Waals surface area contributed by atoms with Crippen LogP contribution < -0.4 is 10.6 Å². The highest BCUT2D eigenvalue weighted by molar-refractivity contribution is 5.82. The molecule has 0 spiro atoms. The van der Waals surface area contributed by atoms with Gasteiger partial charge in [0, 0.05) is 13.6 Å². The van der Waals surface area contributed by atoms with Crippen molar-refractivity contribution in [3.63, 3.8) is 0 Å². The van der Waals surface area contributed by atoms with E-state index in [1.165, 1.54) is 0 Å². The van der Waals surface area contributed by atoms with Gasteiger partial charge < -0.3 is 15.4 Å². The number of rotatable bonds is 6. The predicted octanol–water partition coefficient (Wildman–Crippen LogP) is 5.12. The fourth-order valence-electron chi connectivity index (χ4n) is 4.31. The molecule has 2 aromatic rings. The molecule has 0 saturated carbocycles. The number of piperidine rings is 1. The van der Waals surface area contributed by atoms with Crippen molar-refractivity contribution in [2.75, 3.05) is 20.2 Å². The van der Waals surface area contributed by atoms with Gasteiger partial charge in [0.1, 0.15) is 0 Å². The number of aryl methyl sites for hydroxylation is 1. The minimum Gasteiger partial charge on any atom is -0.372 e. The Kier molecular flexibility index (Phi) is 7.00. The Labute approximate surface area is 187 Å². The zero-order valence-electron chi connectivity index (χ0n) is 19.0. The van der Waals surface area contributed by atoms with Gasteiger partial charge in [-0.15, -0.1) is 0 Å². The minimum atomic E-state index is -4.40. The van der Waals surface area contributed by atoms with Crippen LogP contribution in [0, 0.1) is 12.3 Å². The number of hydrogen-bond acceptors (Lipinski definition) is 3. The molecule has 2 aromatic carbocycles. The second-order valence-electron chi connectivity index (χ2n) is 9.02. The van der Waals surface area contributed by atoms with Crippen LogP contribution in [0.2, 0.25) is 0 Å². The molecule has 1 fully saturated rings. The van der Waals surface area contributed by atoms with Gasteiger partial charge in [0.2, 0.25) is 5.91 Å². The second-order valence-corrected chi connectivity index (χ2v) is 9.02. The molecule has 0 bridgehead atoms. The van der Waals surface area contributed by atoms with Crippen LogP contribution in [0.25, 0.3) is 0 Å². The third-order valence-electron chi connectivity index (χ3n) is 6.50. The van der Waals surface area contributed by atoms with Gasteiger partial charge in [-0.05, 0) is 56.9 Å². The molecule has 1 amide bonds. The van der Waals surface area contributed by atoms with Crippen molar-refractivity contribution in [2.24, 2.45) is 5.41 Å². The maximum Gasteiger partial charge on any atom is 0.416 e. The smallest absolute Gasteiger partial charge is 0.372 e. The second kappa shape index (κ2) is 9.24. The zero-order chi connectivity index (χ0) is 23.6. The first-order chi connectivity index (χ1) is 15.0. The van der Waals surface area contributed by atoms with E-state index in [0.717, 1.165) is 17.7 Å². The first-order valence-corrected chi connectivity index (χ1v) is 10.8. The molecule has 7 heteroatoms. The van der Waals surface area contributed by atoms with Crippen molar-refractivity contribution in [3.8, 4) is 0 Å². The summed E-state index contributed by atoms with van der Waals surface area (Å²) in [5.74, 6) is -0.0135. The molecule has 32 heavy (non-hydrogen) atoms. The lowest BCUT2D eigenvalue weighted by Crippen LogP contribution is -2.58. The highest BCUT2D eigenvalue weighted by atomic mass is 19.4. The van der Waals surface area contributed by atoms with E-state index in [4.69, 9.17) is 4.74 Å². The van der Waals surface area contributed by atoms with Gasteiger partial charge in [-0.25, -0.2) is 0 Å². The Balaban J connectivity index is 1.82. The first kappa shape index (κ1) is 24.3. The maximum atomic E-state index is 13.3. The predicted molar refractivity (Wildman–Crippen MR) is 118 cm³/mol. The Bertz CT molecular complexity index is 936. The van der Waals surface area contributed by atoms with E-state index in [-0.39, 0.29) is 12.5 Å². The molecule has 2 N–H and O–H groups in total. The third kappa shape index (κ3) is 5.15. The summed E-state index contributed by atoms with van der Waals surface area (Å²) < 4.78 is 45.9. The van der Waals surface area contributed by atoms with E-state index in [1.807, 2.05) is 37.3 Å². The lowest BCUT2D eigenvalue weighted by Gasteiger charge is -2.45. The third-order valence-corrected chi connectivity index (χ3v) is 6.50. The van der Waals surface area contributed by atoms with Crippen LogP contribution in [0.4, 0.5) is 13.2 Å². The Morgan fingerprint density at radius 1 is 1.19 bits per heavy atom. The lowest BCUT2D eigenvalue weighted by molar-refractivity contribution is -0.138. The largest absolute Gasteiger partial charge is 0.416 e. The fraction of sp³-hybridized carbons (Fsp3) is 0.480. The zero-order valence-corrected chi connectivity index (χ0v) is 19.0. The summed E-state index contributed by atoms with van der Waals surface area (Å²) in [7, 11) is 1.63. The summed E-state index contributed by atoms with van der Waals surface area (Å²) in [6.07, 6.45) is -3.60. The minimum absolute atomic E-state index is 0.0135. The van der Waals surface area contributed by atoms with Crippen LogP contribution in [-0.4, -0.2) is 26.1 Å². The molecule has 1 heterocycles. The molecule has 3 rings (SSSR count). The average Bonchev–Trinajstić information content (AvgIpc) is 2.77. The van der Waals surface area contributed by atoms with Gasteiger partial charge in [-0.1, -0.05) is 42.0 Å². The van der Waals surface area contributed by atoms with Crippen LogP contribution in [0.5, 0.6) is 0 Å². The first-order valence-electron chi connectivity index (χ1n) is 10.8. The number of alkyl halides is 3. The Morgan fingerprint density at radius 2 is 1.88 bits per heavy atom.